The molecule has 0 aliphatic heterocycles. The summed E-state index contributed by atoms with van der Waals surface area (Å²) in [4.78, 5) is 205. The molecule has 550 valence electrons. The lowest BCUT2D eigenvalue weighted by Gasteiger charge is -2.30. The standard InChI is InChI=1S/C62H102N16O19S/c1-10-32(6)48(59(94)75-43(30-79)61(96)97)77-53(88)37(19-16-23-67-62(65)66)70-54(89)39(25-31(4)5)72-57(92)42(28-47(84)85)73-56(91)41(27-44(64)80)69-45(81)29-68-52(87)38(20-21-46(82)83)71-55(90)40(26-35-17-14-13-15-18-35)74-58(93)49(33(7)11-2)78-60(95)50(34(8)12-3)76-51(86)36(63)22-24-98-9/h13-15,17-18,31-34,36-43,48-50,79H,10-12,16,19-30,63H2,1-9H3,(H2,64,80)(H,68,87)(H,69,81)(H,70,89)(H,71,90)(H,72,92)(H,73,91)(H,74,93)(H,75,94)(H,76,86)(H,77,88)(H,78,95)(H,82,83)(H,84,85)(H,96,97)(H4,65,66,67)/t32-,33-,34-,36-,37-,38-,39-,40-,41-,42-,43-,48-,49-,50-/m0/s1. The van der Waals surface area contributed by atoms with Crippen LogP contribution in [0.5, 0.6) is 0 Å². The highest BCUT2D eigenvalue weighted by molar-refractivity contribution is 7.98. The van der Waals surface area contributed by atoms with Crippen molar-refractivity contribution in [2.75, 3.05) is 31.7 Å². The number of nitrogens with zero attached hydrogens (tertiary/aromatic N) is 1. The van der Waals surface area contributed by atoms with Crippen LogP contribution in [0.25, 0.3) is 0 Å². The van der Waals surface area contributed by atoms with Crippen LogP contribution in [0, 0.1) is 23.7 Å². The van der Waals surface area contributed by atoms with Gasteiger partial charge in [-0.2, -0.15) is 11.8 Å². The van der Waals surface area contributed by atoms with Gasteiger partial charge in [0.05, 0.1) is 32.0 Å². The van der Waals surface area contributed by atoms with Gasteiger partial charge in [-0.15, -0.1) is 0 Å². The molecule has 36 heteroatoms. The molecular formula is C62H102N16O19S. The molecule has 14 atom stereocenters. The fourth-order valence-corrected chi connectivity index (χ4v) is 9.93. The van der Waals surface area contributed by atoms with Crippen molar-refractivity contribution in [1.82, 2.24) is 58.5 Å². The van der Waals surface area contributed by atoms with Crippen LogP contribution in [0.2, 0.25) is 0 Å². The molecule has 0 bridgehead atoms. The topological polar surface area (TPSA) is 586 Å². The second-order valence-corrected chi connectivity index (χ2v) is 25.2. The molecule has 0 heterocycles. The highest BCUT2D eigenvalue weighted by atomic mass is 32.2. The van der Waals surface area contributed by atoms with Crippen LogP contribution < -0.4 is 81.4 Å². The molecule has 23 N–H and O–H groups in total. The Morgan fingerprint density at radius 2 is 0.939 bits per heavy atom. The minimum Gasteiger partial charge on any atom is -0.481 e. The van der Waals surface area contributed by atoms with Crippen molar-refractivity contribution in [1.29, 1.82) is 0 Å². The summed E-state index contributed by atoms with van der Waals surface area (Å²) in [5.74, 6) is -18.7. The summed E-state index contributed by atoms with van der Waals surface area (Å²) in [6.07, 6.45) is -0.757. The minimum absolute atomic E-state index is 0.0426. The first-order valence-corrected chi connectivity index (χ1v) is 33.6. The van der Waals surface area contributed by atoms with E-state index in [1.165, 1.54) is 11.8 Å². The summed E-state index contributed by atoms with van der Waals surface area (Å²) in [5, 5.41) is 65.1. The van der Waals surface area contributed by atoms with Crippen molar-refractivity contribution in [3.8, 4) is 0 Å². The number of carboxylic acid groups (broad SMARTS) is 3. The highest BCUT2D eigenvalue weighted by Gasteiger charge is 2.39. The Hall–Kier alpha value is -9.19. The molecule has 0 spiro atoms. The van der Waals surface area contributed by atoms with Gasteiger partial charge >= 0.3 is 17.9 Å². The van der Waals surface area contributed by atoms with E-state index in [0.29, 0.717) is 30.6 Å². The van der Waals surface area contributed by atoms with Crippen molar-refractivity contribution in [2.24, 2.45) is 51.6 Å². The number of amides is 12. The van der Waals surface area contributed by atoms with Gasteiger partial charge in [0.15, 0.2) is 5.96 Å². The Kier molecular flexibility index (Phi) is 40.2. The van der Waals surface area contributed by atoms with Gasteiger partial charge in [-0.3, -0.25) is 72.1 Å². The summed E-state index contributed by atoms with van der Waals surface area (Å²) in [6, 6.07) is -8.57. The quantitative estimate of drug-likeness (QED) is 0.0167. The molecule has 0 aliphatic carbocycles. The number of nitrogens with one attached hydrogen (secondary N) is 11. The second-order valence-electron chi connectivity index (χ2n) is 24.2. The van der Waals surface area contributed by atoms with Crippen molar-refractivity contribution >= 4 is 107 Å². The molecule has 0 saturated heterocycles. The van der Waals surface area contributed by atoms with E-state index in [0.717, 1.165) is 0 Å². The lowest BCUT2D eigenvalue weighted by Crippen LogP contribution is -2.61. The van der Waals surface area contributed by atoms with Gasteiger partial charge in [0.2, 0.25) is 70.9 Å². The van der Waals surface area contributed by atoms with E-state index in [1.807, 2.05) is 13.2 Å². The average Bonchev–Trinajstić information content (AvgIpc) is 0.874. The smallest absolute Gasteiger partial charge is 0.328 e. The van der Waals surface area contributed by atoms with E-state index in [4.69, 9.17) is 22.9 Å². The average molecular weight is 1410 g/mol. The Morgan fingerprint density at radius 3 is 1.41 bits per heavy atom. The number of carboxylic acids is 3. The molecule has 0 unspecified atom stereocenters. The Morgan fingerprint density at radius 1 is 0.500 bits per heavy atom. The molecule has 1 aromatic carbocycles. The van der Waals surface area contributed by atoms with Gasteiger partial charge in [0.25, 0.3) is 0 Å². The molecule has 0 radical (unpaired) electrons. The number of carbonyl (C=O) groups excluding carboxylic acids is 12. The Balaban J connectivity index is 3.57. The number of aliphatic imine (C=N–C) groups is 1. The Bertz CT molecular complexity index is 2910. The normalized spacial score (nSPS) is 15.3. The zero-order chi connectivity index (χ0) is 74.5. The van der Waals surface area contributed by atoms with Crippen LogP contribution in [0.4, 0.5) is 0 Å². The molecule has 12 amide bonds. The first-order valence-electron chi connectivity index (χ1n) is 32.2. The van der Waals surface area contributed by atoms with Gasteiger partial charge < -0.3 is 102 Å². The zero-order valence-electron chi connectivity index (χ0n) is 56.9. The highest BCUT2D eigenvalue weighted by Crippen LogP contribution is 2.16. The third kappa shape index (κ3) is 32.7. The SMILES string of the molecule is CC[C@H](C)[C@H](NC(=O)[C@H](CCCN=C(N)N)NC(=O)[C@H](CC(C)C)NC(=O)[C@H](CC(=O)O)NC(=O)[C@H](CC(N)=O)NC(=O)CNC(=O)[C@H](CCC(=O)O)NC(=O)[C@H](Cc1ccccc1)NC(=O)[C@@H](NC(=O)[C@@H](NC(=O)[C@@H](N)CCSC)[C@@H](C)CC)[C@@H](C)CC)C(=O)N[C@@H](CO)C(=O)O. The van der Waals surface area contributed by atoms with Gasteiger partial charge in [-0.1, -0.05) is 105 Å². The molecular weight excluding hydrogens is 1300 g/mol. The van der Waals surface area contributed by atoms with E-state index in [-0.39, 0.29) is 44.6 Å². The van der Waals surface area contributed by atoms with Crippen molar-refractivity contribution in [3.63, 3.8) is 0 Å². The molecule has 0 aliphatic rings. The summed E-state index contributed by atoms with van der Waals surface area (Å²) in [5.41, 5.74) is 23.0. The van der Waals surface area contributed by atoms with E-state index >= 15 is 0 Å². The number of aliphatic carboxylic acids is 3. The number of hydrogen-bond acceptors (Lipinski definition) is 19. The first kappa shape index (κ1) is 86.8. The van der Waals surface area contributed by atoms with Crippen LogP contribution in [0.15, 0.2) is 35.3 Å². The predicted octanol–water partition coefficient (Wildman–Crippen LogP) is -4.20. The lowest BCUT2D eigenvalue weighted by atomic mass is 9.94. The molecule has 1 rings (SSSR count). The van der Waals surface area contributed by atoms with Crippen molar-refractivity contribution < 1.29 is 92.3 Å². The largest absolute Gasteiger partial charge is 0.481 e. The molecule has 98 heavy (non-hydrogen) atoms. The second kappa shape index (κ2) is 45.3. The van der Waals surface area contributed by atoms with E-state index in [2.05, 4.69) is 63.5 Å². The van der Waals surface area contributed by atoms with Gasteiger partial charge in [0.1, 0.15) is 60.4 Å². The minimum atomic E-state index is -2.06. The number of nitrogens with two attached hydrogens (primary N) is 4. The molecule has 0 aromatic heterocycles. The third-order valence-corrected chi connectivity index (χ3v) is 16.4. The van der Waals surface area contributed by atoms with Crippen LogP contribution in [-0.2, 0) is 78.3 Å². The summed E-state index contributed by atoms with van der Waals surface area (Å²) in [7, 11) is 0. The number of hydrogen-bond donors (Lipinski definition) is 19. The predicted molar refractivity (Wildman–Crippen MR) is 359 cm³/mol. The number of carbonyl (C=O) groups is 15. The van der Waals surface area contributed by atoms with Crippen LogP contribution in [0.3, 0.4) is 0 Å². The van der Waals surface area contributed by atoms with Gasteiger partial charge in [-0.25, -0.2) is 4.79 Å². The summed E-state index contributed by atoms with van der Waals surface area (Å²) in [6.45, 7) is 11.4. The van der Waals surface area contributed by atoms with E-state index in [1.54, 1.807) is 78.8 Å². The van der Waals surface area contributed by atoms with Crippen LogP contribution in [0.1, 0.15) is 132 Å². The van der Waals surface area contributed by atoms with Gasteiger partial charge in [0, 0.05) is 19.4 Å². The fourth-order valence-electron chi connectivity index (χ4n) is 9.44. The number of guanidine groups is 1. The Labute approximate surface area is 573 Å². The van der Waals surface area contributed by atoms with Crippen molar-refractivity contribution in [3.05, 3.63) is 35.9 Å². The van der Waals surface area contributed by atoms with E-state index < -0.39 is 218 Å². The fraction of sp³-hybridized carbons (Fsp3) is 0.645. The molecule has 35 nitrogen and oxygen atoms in total. The molecule has 1 aromatic rings. The zero-order valence-corrected chi connectivity index (χ0v) is 57.8. The lowest BCUT2D eigenvalue weighted by molar-refractivity contribution is -0.144. The maximum atomic E-state index is 14.4. The number of primary amides is 1. The molecule has 0 fully saturated rings. The number of rotatable bonds is 48. The summed E-state index contributed by atoms with van der Waals surface area (Å²) >= 11 is 1.49. The van der Waals surface area contributed by atoms with Crippen LogP contribution in [-0.4, -0.2) is 213 Å². The number of thioether (sulfide) groups is 1. The van der Waals surface area contributed by atoms with Crippen molar-refractivity contribution in [2.45, 2.75) is 199 Å². The first-order chi connectivity index (χ1) is 46.0. The maximum Gasteiger partial charge on any atom is 0.328 e. The van der Waals surface area contributed by atoms with E-state index in [9.17, 15) is 92.3 Å². The third-order valence-electron chi connectivity index (χ3n) is 15.8. The number of aliphatic hydroxyl groups excluding tert-OH is 1. The van der Waals surface area contributed by atoms with Crippen LogP contribution >= 0.6 is 11.8 Å². The summed E-state index contributed by atoms with van der Waals surface area (Å²) < 4.78 is 0. The number of aliphatic hydroxyl groups is 1. The molecule has 0 saturated carbocycles. The number of benzene rings is 1. The monoisotopic (exact) mass is 1410 g/mol. The maximum absolute atomic E-state index is 14.4. The van der Waals surface area contributed by atoms with Gasteiger partial charge in [-0.05, 0) is 73.3 Å².